The summed E-state index contributed by atoms with van der Waals surface area (Å²) in [7, 11) is 2.09. The number of hydrogen-bond acceptors (Lipinski definition) is 6. The van der Waals surface area contributed by atoms with Gasteiger partial charge >= 0.3 is 0 Å². The molecular formula is C12H19N5O2. The lowest BCUT2D eigenvalue weighted by Crippen LogP contribution is -2.28. The Labute approximate surface area is 112 Å². The summed E-state index contributed by atoms with van der Waals surface area (Å²) in [6.07, 6.45) is 1.05. The fraction of sp³-hybridized carbons (Fsp3) is 0.500. The Hall–Kier alpha value is -1.86. The molecule has 1 saturated heterocycles. The van der Waals surface area contributed by atoms with Crippen LogP contribution >= 0.6 is 0 Å². The van der Waals surface area contributed by atoms with Crippen molar-refractivity contribution in [3.05, 3.63) is 28.3 Å². The maximum Gasteiger partial charge on any atom is 0.273 e. The summed E-state index contributed by atoms with van der Waals surface area (Å²) in [5.74, 6) is 5.37. The zero-order valence-electron chi connectivity index (χ0n) is 11.0. The van der Waals surface area contributed by atoms with E-state index < -0.39 is 4.92 Å². The molecule has 19 heavy (non-hydrogen) atoms. The largest absolute Gasteiger partial charge is 0.370 e. The van der Waals surface area contributed by atoms with Crippen molar-refractivity contribution in [2.24, 2.45) is 5.84 Å². The van der Waals surface area contributed by atoms with Crippen molar-refractivity contribution in [1.82, 2.24) is 4.90 Å². The Bertz CT molecular complexity index is 465. The van der Waals surface area contributed by atoms with E-state index in [4.69, 9.17) is 5.84 Å². The Morgan fingerprint density at radius 3 is 2.74 bits per heavy atom. The second-order valence-electron chi connectivity index (χ2n) is 4.78. The molecule has 0 unspecified atom stereocenters. The number of nitrogens with zero attached hydrogens (tertiary/aromatic N) is 3. The van der Waals surface area contributed by atoms with Gasteiger partial charge in [-0.25, -0.2) is 0 Å². The van der Waals surface area contributed by atoms with Gasteiger partial charge in [0.2, 0.25) is 0 Å². The number of non-ortho nitro benzene ring substituents is 1. The number of hydrogen-bond donors (Lipinski definition) is 2. The minimum Gasteiger partial charge on any atom is -0.370 e. The highest BCUT2D eigenvalue weighted by Crippen LogP contribution is 2.27. The van der Waals surface area contributed by atoms with Gasteiger partial charge in [0.05, 0.1) is 10.6 Å². The molecular weight excluding hydrogens is 246 g/mol. The average molecular weight is 265 g/mol. The van der Waals surface area contributed by atoms with Gasteiger partial charge in [0.15, 0.2) is 0 Å². The first-order valence-electron chi connectivity index (χ1n) is 6.30. The standard InChI is InChI=1S/C12H19N5O2/c1-15-3-2-4-16(6-5-15)11-7-10(14-13)8-12(9-11)17(18)19/h7-9,14H,2-6,13H2,1H3. The molecule has 1 fully saturated rings. The van der Waals surface area contributed by atoms with E-state index in [0.29, 0.717) is 5.69 Å². The molecule has 0 bridgehead atoms. The average Bonchev–Trinajstić information content (AvgIpc) is 2.63. The maximum atomic E-state index is 10.9. The lowest BCUT2D eigenvalue weighted by atomic mass is 10.2. The molecule has 0 radical (unpaired) electrons. The van der Waals surface area contributed by atoms with Crippen molar-refractivity contribution < 1.29 is 4.92 Å². The number of anilines is 2. The van der Waals surface area contributed by atoms with Crippen LogP contribution in [0.15, 0.2) is 18.2 Å². The summed E-state index contributed by atoms with van der Waals surface area (Å²) in [4.78, 5) is 15.0. The quantitative estimate of drug-likeness (QED) is 0.482. The van der Waals surface area contributed by atoms with E-state index in [-0.39, 0.29) is 5.69 Å². The molecule has 2 rings (SSSR count). The molecule has 7 heteroatoms. The maximum absolute atomic E-state index is 10.9. The molecule has 1 aliphatic rings. The number of hydrazine groups is 1. The Balaban J connectivity index is 2.27. The smallest absolute Gasteiger partial charge is 0.273 e. The molecule has 0 spiro atoms. The Morgan fingerprint density at radius 2 is 2.05 bits per heavy atom. The van der Waals surface area contributed by atoms with Gasteiger partial charge in [-0.3, -0.25) is 16.0 Å². The van der Waals surface area contributed by atoms with Gasteiger partial charge in [-0.15, -0.1) is 0 Å². The topological polar surface area (TPSA) is 87.7 Å². The number of nitrogens with two attached hydrogens (primary N) is 1. The fourth-order valence-corrected chi connectivity index (χ4v) is 2.27. The minimum atomic E-state index is -0.395. The first-order valence-corrected chi connectivity index (χ1v) is 6.30. The lowest BCUT2D eigenvalue weighted by Gasteiger charge is -2.23. The van der Waals surface area contributed by atoms with Gasteiger partial charge in [-0.1, -0.05) is 0 Å². The summed E-state index contributed by atoms with van der Waals surface area (Å²) < 4.78 is 0. The van der Waals surface area contributed by atoms with Crippen molar-refractivity contribution >= 4 is 17.1 Å². The number of nitro groups is 1. The highest BCUT2D eigenvalue weighted by atomic mass is 16.6. The van der Waals surface area contributed by atoms with Crippen molar-refractivity contribution in [2.75, 3.05) is 43.6 Å². The molecule has 0 aliphatic carbocycles. The zero-order valence-corrected chi connectivity index (χ0v) is 11.0. The van der Waals surface area contributed by atoms with E-state index in [9.17, 15) is 10.1 Å². The van der Waals surface area contributed by atoms with E-state index >= 15 is 0 Å². The number of nitrogen functional groups attached to an aromatic ring is 1. The number of nitro benzene ring substituents is 1. The summed E-state index contributed by atoms with van der Waals surface area (Å²) in [5.41, 5.74) is 3.95. The van der Waals surface area contributed by atoms with Crippen molar-refractivity contribution in [3.63, 3.8) is 0 Å². The summed E-state index contributed by atoms with van der Waals surface area (Å²) >= 11 is 0. The van der Waals surface area contributed by atoms with Crippen LogP contribution in [0.4, 0.5) is 17.1 Å². The fourth-order valence-electron chi connectivity index (χ4n) is 2.27. The molecule has 0 atom stereocenters. The second kappa shape index (κ2) is 5.85. The molecule has 104 valence electrons. The molecule has 0 aromatic heterocycles. The van der Waals surface area contributed by atoms with Crippen LogP contribution in [0.1, 0.15) is 6.42 Å². The van der Waals surface area contributed by atoms with Crippen LogP contribution in [-0.4, -0.2) is 43.0 Å². The lowest BCUT2D eigenvalue weighted by molar-refractivity contribution is -0.384. The Kier molecular flexibility index (Phi) is 4.18. The van der Waals surface area contributed by atoms with E-state index in [1.807, 2.05) is 6.07 Å². The van der Waals surface area contributed by atoms with Crippen LogP contribution in [0.2, 0.25) is 0 Å². The van der Waals surface area contributed by atoms with Gasteiger partial charge in [0, 0.05) is 37.5 Å². The van der Waals surface area contributed by atoms with Crippen molar-refractivity contribution in [2.45, 2.75) is 6.42 Å². The first-order chi connectivity index (χ1) is 9.10. The number of rotatable bonds is 3. The van der Waals surface area contributed by atoms with Crippen LogP contribution in [0.5, 0.6) is 0 Å². The summed E-state index contributed by atoms with van der Waals surface area (Å²) in [6.45, 7) is 3.76. The second-order valence-corrected chi connectivity index (χ2v) is 4.78. The Morgan fingerprint density at radius 1 is 1.26 bits per heavy atom. The van der Waals surface area contributed by atoms with Gasteiger partial charge in [0.1, 0.15) is 0 Å². The van der Waals surface area contributed by atoms with Gasteiger partial charge in [-0.05, 0) is 26.1 Å². The van der Waals surface area contributed by atoms with Gasteiger partial charge < -0.3 is 15.2 Å². The number of benzene rings is 1. The predicted octanol–water partition coefficient (Wildman–Crippen LogP) is 1.02. The predicted molar refractivity (Wildman–Crippen MR) is 75.2 cm³/mol. The highest BCUT2D eigenvalue weighted by molar-refractivity contribution is 5.64. The van der Waals surface area contributed by atoms with Crippen LogP contribution in [0.25, 0.3) is 0 Å². The molecule has 1 aromatic rings. The van der Waals surface area contributed by atoms with Gasteiger partial charge in [0.25, 0.3) is 5.69 Å². The third-order valence-electron chi connectivity index (χ3n) is 3.36. The SMILES string of the molecule is CN1CCCN(c2cc(NN)cc([N+](=O)[O-])c2)CC1. The van der Waals surface area contributed by atoms with Crippen LogP contribution in [-0.2, 0) is 0 Å². The van der Waals surface area contributed by atoms with Crippen LogP contribution < -0.4 is 16.2 Å². The molecule has 7 nitrogen and oxygen atoms in total. The van der Waals surface area contributed by atoms with E-state index in [1.165, 1.54) is 6.07 Å². The summed E-state index contributed by atoms with van der Waals surface area (Å²) in [5, 5.41) is 10.9. The third-order valence-corrected chi connectivity index (χ3v) is 3.36. The molecule has 0 amide bonds. The van der Waals surface area contributed by atoms with Gasteiger partial charge in [-0.2, -0.15) is 0 Å². The van der Waals surface area contributed by atoms with Crippen LogP contribution in [0, 0.1) is 10.1 Å². The number of nitrogens with one attached hydrogen (secondary N) is 1. The third kappa shape index (κ3) is 3.33. The highest BCUT2D eigenvalue weighted by Gasteiger charge is 2.16. The monoisotopic (exact) mass is 265 g/mol. The van der Waals surface area contributed by atoms with E-state index in [0.717, 1.165) is 38.3 Å². The minimum absolute atomic E-state index is 0.0584. The molecule has 1 aromatic carbocycles. The number of likely N-dealkylation sites (N-methyl/N-ethyl adjacent to an activating group) is 1. The normalized spacial score (nSPS) is 17.1. The molecule has 1 aliphatic heterocycles. The van der Waals surface area contributed by atoms with Crippen molar-refractivity contribution in [3.8, 4) is 0 Å². The molecule has 0 saturated carbocycles. The first kappa shape index (κ1) is 13.6. The van der Waals surface area contributed by atoms with E-state index in [1.54, 1.807) is 6.07 Å². The molecule has 3 N–H and O–H groups in total. The zero-order chi connectivity index (χ0) is 13.8. The molecule has 1 heterocycles. The van der Waals surface area contributed by atoms with Crippen molar-refractivity contribution in [1.29, 1.82) is 0 Å². The van der Waals surface area contributed by atoms with E-state index in [2.05, 4.69) is 22.3 Å². The summed E-state index contributed by atoms with van der Waals surface area (Å²) in [6, 6.07) is 4.89. The van der Waals surface area contributed by atoms with Crippen LogP contribution in [0.3, 0.4) is 0 Å².